The fourth-order valence-corrected chi connectivity index (χ4v) is 4.93. The third-order valence-corrected chi connectivity index (χ3v) is 7.16. The van der Waals surface area contributed by atoms with Crippen molar-refractivity contribution in [2.75, 3.05) is 9.44 Å². The fourth-order valence-electron chi connectivity index (χ4n) is 2.53. The minimum atomic E-state index is -4.69. The van der Waals surface area contributed by atoms with Crippen LogP contribution in [0.3, 0.4) is 0 Å². The topological polar surface area (TPSA) is 92.3 Å². The number of anilines is 2. The summed E-state index contributed by atoms with van der Waals surface area (Å²) in [5.41, 5.74) is 0.330. The predicted molar refractivity (Wildman–Crippen MR) is 111 cm³/mol. The van der Waals surface area contributed by atoms with Crippen molar-refractivity contribution < 1.29 is 30.0 Å². The van der Waals surface area contributed by atoms with Crippen LogP contribution in [0.2, 0.25) is 5.02 Å². The van der Waals surface area contributed by atoms with Crippen LogP contribution in [0.15, 0.2) is 64.4 Å². The van der Waals surface area contributed by atoms with Crippen molar-refractivity contribution in [1.82, 2.24) is 0 Å². The summed E-state index contributed by atoms with van der Waals surface area (Å²) in [6.07, 6.45) is 0. The second kappa shape index (κ2) is 8.40. The van der Waals surface area contributed by atoms with Crippen LogP contribution in [0.4, 0.5) is 24.5 Å². The zero-order valence-electron chi connectivity index (χ0n) is 15.7. The molecule has 3 aromatic carbocycles. The van der Waals surface area contributed by atoms with Crippen molar-refractivity contribution in [3.63, 3.8) is 0 Å². The lowest BCUT2D eigenvalue weighted by Crippen LogP contribution is -2.18. The van der Waals surface area contributed by atoms with E-state index in [9.17, 15) is 30.0 Å². The standard InChI is InChI=1S/C19H14ClF3N2O4S2/c1-11-2-7-14(30(26,27)24-13-5-3-12(20)4-6-13)10-16(11)25-31(28,29)17-9-8-15(21)18(22)19(17)23/h2-10,24-25H,1H3. The van der Waals surface area contributed by atoms with Gasteiger partial charge in [0.2, 0.25) is 0 Å². The predicted octanol–water partition coefficient (Wildman–Crippen LogP) is 4.67. The summed E-state index contributed by atoms with van der Waals surface area (Å²) >= 11 is 5.77. The van der Waals surface area contributed by atoms with E-state index in [1.54, 1.807) is 0 Å². The highest BCUT2D eigenvalue weighted by atomic mass is 35.5. The van der Waals surface area contributed by atoms with Gasteiger partial charge in [-0.1, -0.05) is 17.7 Å². The third kappa shape index (κ3) is 4.94. The molecule has 3 rings (SSSR count). The summed E-state index contributed by atoms with van der Waals surface area (Å²) in [5, 5.41) is 0.402. The van der Waals surface area contributed by atoms with E-state index in [1.165, 1.54) is 43.3 Å². The first-order valence-corrected chi connectivity index (χ1v) is 11.8. The SMILES string of the molecule is Cc1ccc(S(=O)(=O)Nc2ccc(Cl)cc2)cc1NS(=O)(=O)c1ccc(F)c(F)c1F. The van der Waals surface area contributed by atoms with Gasteiger partial charge in [-0.25, -0.2) is 30.0 Å². The molecule has 0 spiro atoms. The first-order chi connectivity index (χ1) is 14.4. The van der Waals surface area contributed by atoms with Gasteiger partial charge in [-0.3, -0.25) is 9.44 Å². The Hall–Kier alpha value is -2.76. The maximum Gasteiger partial charge on any atom is 0.264 e. The van der Waals surface area contributed by atoms with E-state index in [1.807, 2.05) is 4.72 Å². The van der Waals surface area contributed by atoms with E-state index >= 15 is 0 Å². The van der Waals surface area contributed by atoms with Gasteiger partial charge >= 0.3 is 0 Å². The van der Waals surface area contributed by atoms with Crippen LogP contribution >= 0.6 is 11.6 Å². The Morgan fingerprint density at radius 2 is 1.42 bits per heavy atom. The Kier molecular flexibility index (Phi) is 6.21. The minimum Gasteiger partial charge on any atom is -0.280 e. The van der Waals surface area contributed by atoms with E-state index in [2.05, 4.69) is 4.72 Å². The molecule has 2 N–H and O–H groups in total. The molecule has 0 aliphatic carbocycles. The van der Waals surface area contributed by atoms with E-state index in [4.69, 9.17) is 11.6 Å². The van der Waals surface area contributed by atoms with E-state index in [0.29, 0.717) is 22.7 Å². The molecule has 0 aliphatic heterocycles. The van der Waals surface area contributed by atoms with E-state index in [0.717, 1.165) is 6.07 Å². The lowest BCUT2D eigenvalue weighted by atomic mass is 10.2. The highest BCUT2D eigenvalue weighted by Gasteiger charge is 2.25. The van der Waals surface area contributed by atoms with Gasteiger partial charge in [0.25, 0.3) is 20.0 Å². The molecule has 12 heteroatoms. The average Bonchev–Trinajstić information content (AvgIpc) is 2.69. The molecule has 3 aromatic rings. The normalized spacial score (nSPS) is 11.9. The number of nitrogens with one attached hydrogen (secondary N) is 2. The Morgan fingerprint density at radius 1 is 0.774 bits per heavy atom. The number of rotatable bonds is 6. The number of benzene rings is 3. The summed E-state index contributed by atoms with van der Waals surface area (Å²) in [6, 6.07) is 10.4. The molecule has 0 unspecified atom stereocenters. The Labute approximate surface area is 181 Å². The molecule has 0 heterocycles. The smallest absolute Gasteiger partial charge is 0.264 e. The lowest BCUT2D eigenvalue weighted by Gasteiger charge is -2.14. The Morgan fingerprint density at radius 3 is 2.06 bits per heavy atom. The summed E-state index contributed by atoms with van der Waals surface area (Å²) in [7, 11) is -8.81. The maximum atomic E-state index is 14.0. The van der Waals surface area contributed by atoms with E-state index in [-0.39, 0.29) is 16.3 Å². The highest BCUT2D eigenvalue weighted by Crippen LogP contribution is 2.27. The molecule has 6 nitrogen and oxygen atoms in total. The summed E-state index contributed by atoms with van der Waals surface area (Å²) < 4.78 is 95.1. The minimum absolute atomic E-state index is 0.192. The Balaban J connectivity index is 1.96. The van der Waals surface area contributed by atoms with Crippen LogP contribution in [0.5, 0.6) is 0 Å². The summed E-state index contributed by atoms with van der Waals surface area (Å²) in [4.78, 5) is -1.42. The molecule has 31 heavy (non-hydrogen) atoms. The van der Waals surface area contributed by atoms with Crippen molar-refractivity contribution >= 4 is 43.0 Å². The monoisotopic (exact) mass is 490 g/mol. The fraction of sp³-hybridized carbons (Fsp3) is 0.0526. The van der Waals surface area contributed by atoms with Gasteiger partial charge in [-0.05, 0) is 61.0 Å². The van der Waals surface area contributed by atoms with Gasteiger partial charge < -0.3 is 0 Å². The van der Waals surface area contributed by atoms with Crippen LogP contribution in [-0.4, -0.2) is 16.8 Å². The number of hydrogen-bond acceptors (Lipinski definition) is 4. The quantitative estimate of drug-likeness (QED) is 0.491. The van der Waals surface area contributed by atoms with Gasteiger partial charge in [0.15, 0.2) is 17.5 Å². The number of hydrogen-bond donors (Lipinski definition) is 2. The molecule has 0 amide bonds. The third-order valence-electron chi connectivity index (χ3n) is 4.15. The van der Waals surface area contributed by atoms with Crippen molar-refractivity contribution in [2.24, 2.45) is 0 Å². The molecule has 0 saturated carbocycles. The van der Waals surface area contributed by atoms with Crippen LogP contribution < -0.4 is 9.44 Å². The molecular weight excluding hydrogens is 477 g/mol. The maximum absolute atomic E-state index is 14.0. The molecule has 0 aromatic heterocycles. The van der Waals surface area contributed by atoms with Gasteiger partial charge in [-0.15, -0.1) is 0 Å². The first kappa shape index (κ1) is 22.9. The van der Waals surface area contributed by atoms with Crippen molar-refractivity contribution in [2.45, 2.75) is 16.7 Å². The zero-order valence-corrected chi connectivity index (χ0v) is 18.0. The second-order valence-electron chi connectivity index (χ2n) is 6.37. The number of sulfonamides is 2. The molecule has 0 aliphatic rings. The molecule has 164 valence electrons. The van der Waals surface area contributed by atoms with Gasteiger partial charge in [0, 0.05) is 10.7 Å². The Bertz CT molecular complexity index is 1360. The molecule has 0 bridgehead atoms. The number of aryl methyl sites for hydroxylation is 1. The lowest BCUT2D eigenvalue weighted by molar-refractivity contribution is 0.432. The van der Waals surface area contributed by atoms with Gasteiger partial charge in [0.05, 0.1) is 10.6 Å². The highest BCUT2D eigenvalue weighted by molar-refractivity contribution is 7.93. The van der Waals surface area contributed by atoms with Crippen molar-refractivity contribution in [1.29, 1.82) is 0 Å². The van der Waals surface area contributed by atoms with Gasteiger partial charge in [-0.2, -0.15) is 0 Å². The van der Waals surface area contributed by atoms with Crippen molar-refractivity contribution in [3.05, 3.63) is 82.6 Å². The van der Waals surface area contributed by atoms with Crippen LogP contribution in [-0.2, 0) is 20.0 Å². The zero-order chi connectivity index (χ0) is 23.0. The van der Waals surface area contributed by atoms with E-state index < -0.39 is 42.4 Å². The second-order valence-corrected chi connectivity index (χ2v) is 10.1. The number of halogens is 4. The first-order valence-electron chi connectivity index (χ1n) is 8.46. The molecular formula is C19H14ClF3N2O4S2. The molecule has 0 saturated heterocycles. The van der Waals surface area contributed by atoms with Gasteiger partial charge in [0.1, 0.15) is 4.90 Å². The molecule has 0 atom stereocenters. The average molecular weight is 491 g/mol. The van der Waals surface area contributed by atoms with Crippen LogP contribution in [0.1, 0.15) is 5.56 Å². The molecule has 0 radical (unpaired) electrons. The molecule has 0 fully saturated rings. The summed E-state index contributed by atoms with van der Waals surface area (Å²) in [5.74, 6) is -5.38. The summed E-state index contributed by atoms with van der Waals surface area (Å²) in [6.45, 7) is 1.47. The largest absolute Gasteiger partial charge is 0.280 e. The van der Waals surface area contributed by atoms with Crippen LogP contribution in [0.25, 0.3) is 0 Å². The van der Waals surface area contributed by atoms with Crippen LogP contribution in [0, 0.1) is 24.4 Å². The van der Waals surface area contributed by atoms with Crippen molar-refractivity contribution in [3.8, 4) is 0 Å².